The summed E-state index contributed by atoms with van der Waals surface area (Å²) in [5.41, 5.74) is 1.68. The summed E-state index contributed by atoms with van der Waals surface area (Å²) in [7, 11) is 0. The van der Waals surface area contributed by atoms with Gasteiger partial charge in [0.15, 0.2) is 0 Å². The Hall–Kier alpha value is -2.40. The normalized spacial score (nSPS) is 16.1. The molecule has 7 nitrogen and oxygen atoms in total. The Morgan fingerprint density at radius 1 is 1.29 bits per heavy atom. The third kappa shape index (κ3) is 6.34. The van der Waals surface area contributed by atoms with Gasteiger partial charge < -0.3 is 20.5 Å². The molecule has 1 aliphatic rings. The number of hydrogen-bond acceptors (Lipinski definition) is 6. The summed E-state index contributed by atoms with van der Waals surface area (Å²) in [6.07, 6.45) is 0. The fourth-order valence-electron chi connectivity index (χ4n) is 2.88. The van der Waals surface area contributed by atoms with Gasteiger partial charge in [-0.3, -0.25) is 9.69 Å². The van der Waals surface area contributed by atoms with Crippen molar-refractivity contribution in [1.29, 1.82) is 5.26 Å². The van der Waals surface area contributed by atoms with Crippen molar-refractivity contribution in [3.8, 4) is 6.07 Å². The van der Waals surface area contributed by atoms with E-state index in [4.69, 9.17) is 4.74 Å². The number of amides is 1. The Kier molecular flexibility index (Phi) is 8.00. The van der Waals surface area contributed by atoms with Crippen LogP contribution in [-0.4, -0.2) is 67.5 Å². The lowest BCUT2D eigenvalue weighted by Crippen LogP contribution is -2.46. The highest BCUT2D eigenvalue weighted by molar-refractivity contribution is 6.04. The van der Waals surface area contributed by atoms with Crippen LogP contribution in [0, 0.1) is 11.3 Å². The Balaban J connectivity index is 1.98. The van der Waals surface area contributed by atoms with Gasteiger partial charge in [0.25, 0.3) is 5.91 Å². The number of anilines is 1. The Morgan fingerprint density at radius 2 is 1.93 bits per heavy atom. The Bertz CT molecular complexity index is 729. The first-order valence-electron chi connectivity index (χ1n) is 9.55. The molecule has 3 N–H and O–H groups in total. The second-order valence-electron chi connectivity index (χ2n) is 7.57. The molecule has 0 spiro atoms. The van der Waals surface area contributed by atoms with Crippen molar-refractivity contribution >= 4 is 17.2 Å². The lowest BCUT2D eigenvalue weighted by Gasteiger charge is -2.26. The molecule has 1 aromatic rings. The van der Waals surface area contributed by atoms with Crippen molar-refractivity contribution in [2.45, 2.75) is 26.3 Å². The van der Waals surface area contributed by atoms with Gasteiger partial charge in [-0.15, -0.1) is 0 Å². The molecule has 0 radical (unpaired) electrons. The predicted molar refractivity (Wildman–Crippen MR) is 110 cm³/mol. The number of morpholine rings is 1. The van der Waals surface area contributed by atoms with E-state index in [0.717, 1.165) is 50.6 Å². The zero-order valence-electron chi connectivity index (χ0n) is 16.9. The van der Waals surface area contributed by atoms with Crippen LogP contribution in [0.25, 0.3) is 5.57 Å². The molecule has 1 heterocycles. The molecule has 0 unspecified atom stereocenters. The molecule has 7 heteroatoms. The SMILES string of the molecule is C/C(=C(/C#N)C(=O)NC(C)(C)CO)c1ccc(NCCN2CCOCC2)cc1. The summed E-state index contributed by atoms with van der Waals surface area (Å²) >= 11 is 0. The number of aliphatic hydroxyl groups excluding tert-OH is 1. The first-order valence-corrected chi connectivity index (χ1v) is 9.55. The van der Waals surface area contributed by atoms with Crippen LogP contribution >= 0.6 is 0 Å². The fourth-order valence-corrected chi connectivity index (χ4v) is 2.88. The van der Waals surface area contributed by atoms with Crippen LogP contribution in [0.5, 0.6) is 0 Å². The van der Waals surface area contributed by atoms with Gasteiger partial charge in [0, 0.05) is 31.9 Å². The fraction of sp³-hybridized carbons (Fsp3) is 0.524. The van der Waals surface area contributed by atoms with Crippen molar-refractivity contribution in [3.05, 3.63) is 35.4 Å². The monoisotopic (exact) mass is 386 g/mol. The van der Waals surface area contributed by atoms with Crippen molar-refractivity contribution < 1.29 is 14.6 Å². The number of allylic oxidation sites excluding steroid dienone is 1. The summed E-state index contributed by atoms with van der Waals surface area (Å²) in [5, 5.41) is 24.8. The molecule has 1 fully saturated rings. The second kappa shape index (κ2) is 10.2. The van der Waals surface area contributed by atoms with Gasteiger partial charge in [0.1, 0.15) is 11.6 Å². The first kappa shape index (κ1) is 21.9. The molecule has 1 aliphatic heterocycles. The summed E-state index contributed by atoms with van der Waals surface area (Å²) in [5.74, 6) is -0.480. The summed E-state index contributed by atoms with van der Waals surface area (Å²) in [4.78, 5) is 14.8. The third-order valence-electron chi connectivity index (χ3n) is 4.74. The average molecular weight is 386 g/mol. The van der Waals surface area contributed by atoms with Crippen LogP contribution < -0.4 is 10.6 Å². The van der Waals surface area contributed by atoms with E-state index in [9.17, 15) is 15.2 Å². The molecule has 152 valence electrons. The van der Waals surface area contributed by atoms with Crippen molar-refractivity contribution in [3.63, 3.8) is 0 Å². The summed E-state index contributed by atoms with van der Waals surface area (Å²) in [6.45, 7) is 10.3. The van der Waals surface area contributed by atoms with Gasteiger partial charge >= 0.3 is 0 Å². The van der Waals surface area contributed by atoms with Crippen molar-refractivity contribution in [2.75, 3.05) is 51.3 Å². The molecule has 0 bridgehead atoms. The van der Waals surface area contributed by atoms with E-state index in [1.165, 1.54) is 0 Å². The van der Waals surface area contributed by atoms with Crippen LogP contribution in [0.3, 0.4) is 0 Å². The van der Waals surface area contributed by atoms with Crippen LogP contribution in [0.15, 0.2) is 29.8 Å². The molecule has 1 aromatic carbocycles. The van der Waals surface area contributed by atoms with Gasteiger partial charge in [-0.1, -0.05) is 12.1 Å². The van der Waals surface area contributed by atoms with Crippen LogP contribution in [0.4, 0.5) is 5.69 Å². The summed E-state index contributed by atoms with van der Waals surface area (Å²) in [6, 6.07) is 9.67. The molecule has 28 heavy (non-hydrogen) atoms. The number of nitrogens with zero attached hydrogens (tertiary/aromatic N) is 2. The third-order valence-corrected chi connectivity index (χ3v) is 4.74. The minimum Gasteiger partial charge on any atom is -0.394 e. The van der Waals surface area contributed by atoms with Gasteiger partial charge in [-0.25, -0.2) is 0 Å². The standard InChI is InChI=1S/C21H30N4O3/c1-16(19(14-22)20(27)24-21(2,3)15-26)17-4-6-18(7-5-17)23-8-9-25-10-12-28-13-11-25/h4-7,23,26H,8-13,15H2,1-3H3,(H,24,27)/b19-16+. The van der Waals surface area contributed by atoms with E-state index >= 15 is 0 Å². The number of nitrogens with one attached hydrogen (secondary N) is 2. The van der Waals surface area contributed by atoms with E-state index in [0.29, 0.717) is 5.57 Å². The van der Waals surface area contributed by atoms with Crippen molar-refractivity contribution in [2.24, 2.45) is 0 Å². The van der Waals surface area contributed by atoms with Crippen molar-refractivity contribution in [1.82, 2.24) is 10.2 Å². The number of rotatable bonds is 8. The number of carbonyl (C=O) groups is 1. The van der Waals surface area contributed by atoms with E-state index in [-0.39, 0.29) is 12.2 Å². The maximum atomic E-state index is 12.4. The van der Waals surface area contributed by atoms with E-state index in [1.54, 1.807) is 20.8 Å². The largest absolute Gasteiger partial charge is 0.394 e. The number of carbonyl (C=O) groups excluding carboxylic acids is 1. The average Bonchev–Trinajstić information content (AvgIpc) is 2.69. The molecular weight excluding hydrogens is 356 g/mol. The minimum absolute atomic E-state index is 0.0505. The van der Waals surface area contributed by atoms with Gasteiger partial charge in [-0.05, 0) is 44.0 Å². The molecule has 0 saturated carbocycles. The zero-order chi connectivity index (χ0) is 20.6. The molecule has 0 atom stereocenters. The highest BCUT2D eigenvalue weighted by Gasteiger charge is 2.23. The van der Waals surface area contributed by atoms with Gasteiger partial charge in [0.05, 0.1) is 25.4 Å². The second-order valence-corrected chi connectivity index (χ2v) is 7.57. The smallest absolute Gasteiger partial charge is 0.262 e. The van der Waals surface area contributed by atoms with E-state index in [2.05, 4.69) is 15.5 Å². The van der Waals surface area contributed by atoms with Gasteiger partial charge in [-0.2, -0.15) is 5.26 Å². The number of benzene rings is 1. The first-order chi connectivity index (χ1) is 13.4. The molecule has 1 saturated heterocycles. The number of ether oxygens (including phenoxy) is 1. The maximum Gasteiger partial charge on any atom is 0.262 e. The molecule has 2 rings (SSSR count). The topological polar surface area (TPSA) is 97.6 Å². The Labute approximate surface area is 167 Å². The zero-order valence-corrected chi connectivity index (χ0v) is 16.9. The Morgan fingerprint density at radius 3 is 2.50 bits per heavy atom. The molecule has 1 amide bonds. The van der Waals surface area contributed by atoms with Crippen LogP contribution in [-0.2, 0) is 9.53 Å². The van der Waals surface area contributed by atoms with Gasteiger partial charge in [0.2, 0.25) is 0 Å². The summed E-state index contributed by atoms with van der Waals surface area (Å²) < 4.78 is 5.35. The maximum absolute atomic E-state index is 12.4. The molecular formula is C21H30N4O3. The van der Waals surface area contributed by atoms with E-state index < -0.39 is 11.4 Å². The lowest BCUT2D eigenvalue weighted by molar-refractivity contribution is -0.119. The molecule has 0 aromatic heterocycles. The van der Waals surface area contributed by atoms with E-state index in [1.807, 2.05) is 30.3 Å². The highest BCUT2D eigenvalue weighted by Crippen LogP contribution is 2.21. The minimum atomic E-state index is -0.784. The predicted octanol–water partition coefficient (Wildman–Crippen LogP) is 1.61. The highest BCUT2D eigenvalue weighted by atomic mass is 16.5. The van der Waals surface area contributed by atoms with Crippen LogP contribution in [0.2, 0.25) is 0 Å². The number of nitriles is 1. The number of aliphatic hydroxyl groups is 1. The molecule has 0 aliphatic carbocycles. The van der Waals surface area contributed by atoms with Crippen LogP contribution in [0.1, 0.15) is 26.3 Å². The number of hydrogen-bond donors (Lipinski definition) is 3. The quantitative estimate of drug-likeness (QED) is 0.464. The lowest BCUT2D eigenvalue weighted by atomic mass is 9.99.